The van der Waals surface area contributed by atoms with Crippen LogP contribution in [0.2, 0.25) is 0 Å². The number of aryl methyl sites for hydroxylation is 1. The van der Waals surface area contributed by atoms with Gasteiger partial charge in [-0.2, -0.15) is 0 Å². The van der Waals surface area contributed by atoms with Gasteiger partial charge >= 0.3 is 5.97 Å². The van der Waals surface area contributed by atoms with Crippen molar-refractivity contribution in [2.75, 3.05) is 12.3 Å². The van der Waals surface area contributed by atoms with Gasteiger partial charge in [0.2, 0.25) is 0 Å². The number of nitrogen functional groups attached to an aromatic ring is 1. The molecule has 0 spiro atoms. The lowest BCUT2D eigenvalue weighted by Gasteiger charge is -2.27. The molecule has 1 saturated carbocycles. The zero-order valence-electron chi connectivity index (χ0n) is 12.3. The number of esters is 1. The van der Waals surface area contributed by atoms with Crippen molar-refractivity contribution >= 4 is 28.3 Å². The van der Waals surface area contributed by atoms with Crippen molar-refractivity contribution in [3.63, 3.8) is 0 Å². The van der Waals surface area contributed by atoms with Crippen LogP contribution in [-0.2, 0) is 9.53 Å². The van der Waals surface area contributed by atoms with Gasteiger partial charge in [-0.25, -0.2) is 4.98 Å². The highest BCUT2D eigenvalue weighted by Crippen LogP contribution is 2.26. The number of carbonyl (C=O) groups excluding carboxylic acids is 2. The third kappa shape index (κ3) is 3.93. The predicted molar refractivity (Wildman–Crippen MR) is 81.1 cm³/mol. The van der Waals surface area contributed by atoms with E-state index < -0.39 is 0 Å². The number of nitrogens with zero attached hydrogens (tertiary/aromatic N) is 1. The highest BCUT2D eigenvalue weighted by atomic mass is 32.1. The smallest absolute Gasteiger partial charge is 0.308 e. The minimum Gasteiger partial charge on any atom is -0.466 e. The lowest BCUT2D eigenvalue weighted by atomic mass is 9.86. The Hall–Kier alpha value is -1.63. The topological polar surface area (TPSA) is 94.3 Å². The molecule has 1 aromatic heterocycles. The van der Waals surface area contributed by atoms with Gasteiger partial charge in [-0.3, -0.25) is 9.59 Å². The van der Waals surface area contributed by atoms with Crippen molar-refractivity contribution < 1.29 is 14.3 Å². The van der Waals surface area contributed by atoms with Gasteiger partial charge < -0.3 is 15.8 Å². The van der Waals surface area contributed by atoms with Gasteiger partial charge in [-0.1, -0.05) is 11.3 Å². The van der Waals surface area contributed by atoms with Crippen LogP contribution in [0.5, 0.6) is 0 Å². The number of thiazole rings is 1. The maximum Gasteiger partial charge on any atom is 0.308 e. The molecule has 21 heavy (non-hydrogen) atoms. The van der Waals surface area contributed by atoms with Crippen LogP contribution >= 0.6 is 11.3 Å². The van der Waals surface area contributed by atoms with Crippen LogP contribution in [0.4, 0.5) is 5.13 Å². The maximum atomic E-state index is 12.2. The Balaban J connectivity index is 1.85. The van der Waals surface area contributed by atoms with E-state index in [4.69, 9.17) is 10.5 Å². The van der Waals surface area contributed by atoms with Crippen LogP contribution in [-0.4, -0.2) is 29.5 Å². The standard InChI is InChI=1S/C14H21N3O3S/c1-3-20-13(19)9-4-6-10(7-5-9)17-12(18)11-8(2)16-14(15)21-11/h9-10H,3-7H2,1-2H3,(H2,15,16)(H,17,18). The Kier molecular flexibility index (Phi) is 5.17. The van der Waals surface area contributed by atoms with Crippen molar-refractivity contribution in [2.45, 2.75) is 45.6 Å². The van der Waals surface area contributed by atoms with Gasteiger partial charge in [0.15, 0.2) is 5.13 Å². The summed E-state index contributed by atoms with van der Waals surface area (Å²) >= 11 is 1.20. The Morgan fingerprint density at radius 3 is 2.57 bits per heavy atom. The molecule has 2 rings (SSSR count). The molecule has 6 nitrogen and oxygen atoms in total. The molecule has 0 bridgehead atoms. The summed E-state index contributed by atoms with van der Waals surface area (Å²) in [7, 11) is 0. The Bertz CT molecular complexity index is 522. The molecule has 0 atom stereocenters. The van der Waals surface area contributed by atoms with E-state index in [0.29, 0.717) is 22.3 Å². The summed E-state index contributed by atoms with van der Waals surface area (Å²) in [5.74, 6) is -0.270. The largest absolute Gasteiger partial charge is 0.466 e. The second-order valence-corrected chi connectivity index (χ2v) is 6.27. The minimum absolute atomic E-state index is 0.0288. The lowest BCUT2D eigenvalue weighted by Crippen LogP contribution is -2.38. The van der Waals surface area contributed by atoms with Crippen LogP contribution in [0.15, 0.2) is 0 Å². The number of hydrogen-bond acceptors (Lipinski definition) is 6. The molecule has 1 aliphatic carbocycles. The van der Waals surface area contributed by atoms with Gasteiger partial charge in [-0.15, -0.1) is 0 Å². The quantitative estimate of drug-likeness (QED) is 0.828. The fraction of sp³-hybridized carbons (Fsp3) is 0.643. The predicted octanol–water partition coefficient (Wildman–Crippen LogP) is 1.89. The zero-order chi connectivity index (χ0) is 15.4. The fourth-order valence-electron chi connectivity index (χ4n) is 2.61. The zero-order valence-corrected chi connectivity index (χ0v) is 13.2. The number of aromatic nitrogens is 1. The minimum atomic E-state index is -0.124. The van der Waals surface area contributed by atoms with Crippen LogP contribution in [0, 0.1) is 12.8 Å². The molecule has 116 valence electrons. The number of nitrogens with two attached hydrogens (primary N) is 1. The normalized spacial score (nSPS) is 21.8. The first kappa shape index (κ1) is 15.8. The SMILES string of the molecule is CCOC(=O)C1CCC(NC(=O)c2sc(N)nc2C)CC1. The highest BCUT2D eigenvalue weighted by molar-refractivity contribution is 7.17. The summed E-state index contributed by atoms with van der Waals surface area (Å²) in [5, 5.41) is 3.41. The monoisotopic (exact) mass is 311 g/mol. The molecule has 0 aliphatic heterocycles. The van der Waals surface area contributed by atoms with E-state index in [2.05, 4.69) is 10.3 Å². The van der Waals surface area contributed by atoms with Crippen LogP contribution in [0.25, 0.3) is 0 Å². The van der Waals surface area contributed by atoms with Gasteiger partial charge in [0.25, 0.3) is 5.91 Å². The van der Waals surface area contributed by atoms with Crippen LogP contribution < -0.4 is 11.1 Å². The number of ether oxygens (including phenoxy) is 1. The van der Waals surface area contributed by atoms with Crippen molar-refractivity contribution in [3.05, 3.63) is 10.6 Å². The molecule has 1 heterocycles. The number of nitrogens with one attached hydrogen (secondary N) is 1. The molecule has 1 aromatic rings. The number of amides is 1. The molecule has 0 aromatic carbocycles. The van der Waals surface area contributed by atoms with Gasteiger partial charge in [0, 0.05) is 6.04 Å². The van der Waals surface area contributed by atoms with Crippen LogP contribution in [0.1, 0.15) is 48.0 Å². The molecule has 0 radical (unpaired) electrons. The summed E-state index contributed by atoms with van der Waals surface area (Å²) in [6.07, 6.45) is 3.10. The fourth-order valence-corrected chi connectivity index (χ4v) is 3.35. The molecule has 0 unspecified atom stereocenters. The molecular weight excluding hydrogens is 290 g/mol. The highest BCUT2D eigenvalue weighted by Gasteiger charge is 2.28. The second-order valence-electron chi connectivity index (χ2n) is 5.24. The van der Waals surface area contributed by atoms with E-state index in [0.717, 1.165) is 25.7 Å². The van der Waals surface area contributed by atoms with E-state index in [9.17, 15) is 9.59 Å². The summed E-state index contributed by atoms with van der Waals surface area (Å²) in [6, 6.07) is 0.103. The summed E-state index contributed by atoms with van der Waals surface area (Å²) < 4.78 is 5.04. The summed E-state index contributed by atoms with van der Waals surface area (Å²) in [4.78, 5) is 28.5. The first-order chi connectivity index (χ1) is 10.0. The van der Waals surface area contributed by atoms with Crippen LogP contribution in [0.3, 0.4) is 0 Å². The van der Waals surface area contributed by atoms with E-state index in [1.807, 2.05) is 6.92 Å². The third-order valence-corrected chi connectivity index (χ3v) is 4.69. The van der Waals surface area contributed by atoms with E-state index in [1.165, 1.54) is 11.3 Å². The lowest BCUT2D eigenvalue weighted by molar-refractivity contribution is -0.149. The van der Waals surface area contributed by atoms with E-state index in [-0.39, 0.29) is 23.8 Å². The average molecular weight is 311 g/mol. The first-order valence-electron chi connectivity index (χ1n) is 7.21. The number of rotatable bonds is 4. The number of anilines is 1. The molecule has 3 N–H and O–H groups in total. The first-order valence-corrected chi connectivity index (χ1v) is 8.03. The molecule has 1 fully saturated rings. The average Bonchev–Trinajstić information content (AvgIpc) is 2.79. The molecule has 0 saturated heterocycles. The number of hydrogen-bond donors (Lipinski definition) is 2. The van der Waals surface area contributed by atoms with Crippen molar-refractivity contribution in [2.24, 2.45) is 5.92 Å². The molecule has 1 aliphatic rings. The Morgan fingerprint density at radius 1 is 1.38 bits per heavy atom. The summed E-state index contributed by atoms with van der Waals surface area (Å²) in [5.41, 5.74) is 6.27. The second kappa shape index (κ2) is 6.89. The maximum absolute atomic E-state index is 12.2. The van der Waals surface area contributed by atoms with E-state index >= 15 is 0 Å². The molecule has 7 heteroatoms. The van der Waals surface area contributed by atoms with Gasteiger partial charge in [0.1, 0.15) is 4.88 Å². The Labute approximate surface area is 128 Å². The summed E-state index contributed by atoms with van der Waals surface area (Å²) in [6.45, 7) is 4.01. The van der Waals surface area contributed by atoms with Crippen molar-refractivity contribution in [1.29, 1.82) is 0 Å². The number of carbonyl (C=O) groups is 2. The van der Waals surface area contributed by atoms with Gasteiger partial charge in [-0.05, 0) is 39.5 Å². The molecule has 1 amide bonds. The Morgan fingerprint density at radius 2 is 2.05 bits per heavy atom. The third-order valence-electron chi connectivity index (χ3n) is 3.70. The van der Waals surface area contributed by atoms with Crippen molar-refractivity contribution in [3.8, 4) is 0 Å². The van der Waals surface area contributed by atoms with E-state index in [1.54, 1.807) is 6.92 Å². The molecular formula is C14H21N3O3S. The van der Waals surface area contributed by atoms with Crippen molar-refractivity contribution in [1.82, 2.24) is 10.3 Å². The van der Waals surface area contributed by atoms with Gasteiger partial charge in [0.05, 0.1) is 18.2 Å².